The van der Waals surface area contributed by atoms with Gasteiger partial charge in [-0.25, -0.2) is 0 Å². The molecule has 21 heavy (non-hydrogen) atoms. The molecule has 0 aromatic heterocycles. The molecule has 2 aromatic carbocycles. The van der Waals surface area contributed by atoms with Crippen molar-refractivity contribution in [3.05, 3.63) is 59.7 Å². The first kappa shape index (κ1) is 15.2. The van der Waals surface area contributed by atoms with Gasteiger partial charge < -0.3 is 4.74 Å². The molecule has 2 nitrogen and oxygen atoms in total. The summed E-state index contributed by atoms with van der Waals surface area (Å²) in [4.78, 5) is 13.2. The smallest absolute Gasteiger partial charge is 0.236 e. The second-order valence-corrected chi connectivity index (χ2v) is 5.14. The van der Waals surface area contributed by atoms with Gasteiger partial charge in [0.15, 0.2) is 0 Å². The van der Waals surface area contributed by atoms with Crippen LogP contribution in [-0.4, -0.2) is 18.6 Å². The van der Waals surface area contributed by atoms with Crippen LogP contribution in [0.4, 0.5) is 0 Å². The zero-order valence-corrected chi connectivity index (χ0v) is 12.9. The number of ether oxygens (including phenoxy) is 1. The van der Waals surface area contributed by atoms with Gasteiger partial charge in [-0.2, -0.15) is 0 Å². The first-order chi connectivity index (χ1) is 10.2. The molecule has 0 aliphatic heterocycles. The molecule has 0 heterocycles. The minimum Gasteiger partial charge on any atom is -0.494 e. The van der Waals surface area contributed by atoms with E-state index in [0.29, 0.717) is 12.2 Å². The highest BCUT2D eigenvalue weighted by Crippen LogP contribution is 2.14. The van der Waals surface area contributed by atoms with Crippen LogP contribution in [0.5, 0.6) is 5.75 Å². The summed E-state index contributed by atoms with van der Waals surface area (Å²) in [6.07, 6.45) is 2.02. The van der Waals surface area contributed by atoms with Gasteiger partial charge in [-0.3, -0.25) is 4.79 Å². The van der Waals surface area contributed by atoms with Gasteiger partial charge in [0.05, 0.1) is 6.61 Å². The molecule has 0 N–H and O–H groups in total. The summed E-state index contributed by atoms with van der Waals surface area (Å²) < 4.78 is 5.34. The number of hydrogen-bond acceptors (Lipinski definition) is 3. The van der Waals surface area contributed by atoms with E-state index in [1.165, 1.54) is 4.90 Å². The summed E-state index contributed by atoms with van der Waals surface area (Å²) in [5, 5.41) is 0. The maximum absolute atomic E-state index is 12.0. The van der Waals surface area contributed by atoms with E-state index < -0.39 is 0 Å². The minimum atomic E-state index is -0.188. The summed E-state index contributed by atoms with van der Waals surface area (Å²) in [7, 11) is 0. The molecule has 0 unspecified atom stereocenters. The van der Waals surface area contributed by atoms with Crippen LogP contribution in [0.1, 0.15) is 22.8 Å². The summed E-state index contributed by atoms with van der Waals surface area (Å²) in [6.45, 7) is 2.53. The van der Waals surface area contributed by atoms with E-state index in [0.717, 1.165) is 11.3 Å². The molecule has 0 saturated heterocycles. The molecule has 0 saturated carbocycles. The first-order valence-corrected chi connectivity index (χ1v) is 7.88. The molecule has 0 aliphatic carbocycles. The second-order valence-electron chi connectivity index (χ2n) is 4.27. The summed E-state index contributed by atoms with van der Waals surface area (Å²) in [6, 6.07) is 14.9. The zero-order chi connectivity index (χ0) is 15.1. The van der Waals surface area contributed by atoms with Crippen molar-refractivity contribution in [3.63, 3.8) is 0 Å². The van der Waals surface area contributed by atoms with Crippen molar-refractivity contribution >= 4 is 17.5 Å². The standard InChI is InChI=1S/C18H16O2S/c1-3-20-16-9-7-15(8-10-16)18(19)13-6-14-4-11-17(21-2)12-5-14/h4-5,7-12H,3H2,1-2H3. The molecule has 0 aliphatic rings. The number of carbonyl (C=O) groups excluding carboxylic acids is 1. The number of benzene rings is 2. The monoisotopic (exact) mass is 296 g/mol. The maximum Gasteiger partial charge on any atom is 0.236 e. The number of thioether (sulfide) groups is 1. The first-order valence-electron chi connectivity index (χ1n) is 6.66. The van der Waals surface area contributed by atoms with Crippen molar-refractivity contribution in [1.82, 2.24) is 0 Å². The summed E-state index contributed by atoms with van der Waals surface area (Å²) >= 11 is 1.68. The van der Waals surface area contributed by atoms with Gasteiger partial charge in [0, 0.05) is 16.0 Å². The highest BCUT2D eigenvalue weighted by atomic mass is 32.2. The van der Waals surface area contributed by atoms with Crippen LogP contribution in [0, 0.1) is 11.8 Å². The van der Waals surface area contributed by atoms with Gasteiger partial charge in [-0.05, 0) is 67.6 Å². The lowest BCUT2D eigenvalue weighted by Gasteiger charge is -2.02. The molecule has 0 bridgehead atoms. The number of rotatable bonds is 4. The Balaban J connectivity index is 2.08. The van der Waals surface area contributed by atoms with Crippen LogP contribution >= 0.6 is 11.8 Å². The van der Waals surface area contributed by atoms with Crippen molar-refractivity contribution in [1.29, 1.82) is 0 Å². The molecule has 0 fully saturated rings. The lowest BCUT2D eigenvalue weighted by Crippen LogP contribution is -1.96. The Bertz CT molecular complexity index is 661. The van der Waals surface area contributed by atoms with E-state index in [1.807, 2.05) is 37.4 Å². The lowest BCUT2D eigenvalue weighted by molar-refractivity contribution is 0.105. The molecular weight excluding hydrogens is 280 g/mol. The highest BCUT2D eigenvalue weighted by Gasteiger charge is 2.02. The van der Waals surface area contributed by atoms with Gasteiger partial charge in [0.2, 0.25) is 5.78 Å². The molecule has 2 aromatic rings. The van der Waals surface area contributed by atoms with E-state index in [-0.39, 0.29) is 5.78 Å². The molecule has 0 spiro atoms. The fourth-order valence-corrected chi connectivity index (χ4v) is 2.15. The number of ketones is 1. The predicted molar refractivity (Wildman–Crippen MR) is 87.0 cm³/mol. The third-order valence-corrected chi connectivity index (χ3v) is 3.58. The van der Waals surface area contributed by atoms with Gasteiger partial charge in [0.25, 0.3) is 0 Å². The second kappa shape index (κ2) is 7.56. The Kier molecular flexibility index (Phi) is 5.48. The van der Waals surface area contributed by atoms with Crippen LogP contribution in [-0.2, 0) is 0 Å². The third kappa shape index (κ3) is 4.40. The molecule has 2 rings (SSSR count). The number of hydrogen-bond donors (Lipinski definition) is 0. The average molecular weight is 296 g/mol. The predicted octanol–water partition coefficient (Wildman–Crippen LogP) is 4.04. The van der Waals surface area contributed by atoms with Gasteiger partial charge >= 0.3 is 0 Å². The Morgan fingerprint density at radius 2 is 1.76 bits per heavy atom. The average Bonchev–Trinajstić information content (AvgIpc) is 2.54. The van der Waals surface area contributed by atoms with Crippen molar-refractivity contribution in [2.75, 3.05) is 12.9 Å². The van der Waals surface area contributed by atoms with E-state index in [9.17, 15) is 4.79 Å². The Morgan fingerprint density at radius 1 is 1.10 bits per heavy atom. The van der Waals surface area contributed by atoms with Gasteiger partial charge in [0.1, 0.15) is 5.75 Å². The van der Waals surface area contributed by atoms with E-state index in [4.69, 9.17) is 4.74 Å². The third-order valence-electron chi connectivity index (χ3n) is 2.84. The zero-order valence-electron chi connectivity index (χ0n) is 12.1. The maximum atomic E-state index is 12.0. The Morgan fingerprint density at radius 3 is 2.33 bits per heavy atom. The van der Waals surface area contributed by atoms with E-state index in [2.05, 4.69) is 11.8 Å². The molecule has 0 radical (unpaired) electrons. The van der Waals surface area contributed by atoms with Crippen molar-refractivity contribution in [3.8, 4) is 17.6 Å². The molecule has 0 amide bonds. The van der Waals surface area contributed by atoms with Crippen LogP contribution < -0.4 is 4.74 Å². The van der Waals surface area contributed by atoms with Crippen molar-refractivity contribution < 1.29 is 9.53 Å². The fraction of sp³-hybridized carbons (Fsp3) is 0.167. The van der Waals surface area contributed by atoms with Crippen LogP contribution in [0.3, 0.4) is 0 Å². The number of carbonyl (C=O) groups is 1. The van der Waals surface area contributed by atoms with E-state index in [1.54, 1.807) is 36.0 Å². The van der Waals surface area contributed by atoms with Gasteiger partial charge in [-0.1, -0.05) is 5.92 Å². The lowest BCUT2D eigenvalue weighted by atomic mass is 10.1. The van der Waals surface area contributed by atoms with Crippen molar-refractivity contribution in [2.45, 2.75) is 11.8 Å². The number of Topliss-reactive ketones (excluding diaryl/α,β-unsaturated/α-hetero) is 1. The molecule has 3 heteroatoms. The topological polar surface area (TPSA) is 26.3 Å². The quantitative estimate of drug-likeness (QED) is 0.484. The minimum absolute atomic E-state index is 0.188. The van der Waals surface area contributed by atoms with Crippen molar-refractivity contribution in [2.24, 2.45) is 0 Å². The Labute approximate surface area is 129 Å². The largest absolute Gasteiger partial charge is 0.494 e. The summed E-state index contributed by atoms with van der Waals surface area (Å²) in [5.41, 5.74) is 1.42. The SMILES string of the molecule is CCOc1ccc(C(=O)C#Cc2ccc(SC)cc2)cc1. The van der Waals surface area contributed by atoms with Crippen LogP contribution in [0.15, 0.2) is 53.4 Å². The molecular formula is C18H16O2S. The molecule has 106 valence electrons. The normalized spacial score (nSPS) is 9.62. The van der Waals surface area contributed by atoms with Crippen LogP contribution in [0.2, 0.25) is 0 Å². The van der Waals surface area contributed by atoms with Crippen LogP contribution in [0.25, 0.3) is 0 Å². The Hall–Kier alpha value is -2.18. The summed E-state index contributed by atoms with van der Waals surface area (Å²) in [5.74, 6) is 6.13. The van der Waals surface area contributed by atoms with E-state index >= 15 is 0 Å². The molecule has 0 atom stereocenters. The highest BCUT2D eigenvalue weighted by molar-refractivity contribution is 7.98. The van der Waals surface area contributed by atoms with Gasteiger partial charge in [-0.15, -0.1) is 11.8 Å². The fourth-order valence-electron chi connectivity index (χ4n) is 1.74.